The topological polar surface area (TPSA) is 86.7 Å². The van der Waals surface area contributed by atoms with Crippen molar-refractivity contribution in [2.75, 3.05) is 50.7 Å². The Morgan fingerprint density at radius 1 is 1.17 bits per heavy atom. The van der Waals surface area contributed by atoms with Crippen molar-refractivity contribution in [3.8, 4) is 11.6 Å². The second-order valence-electron chi connectivity index (χ2n) is 12.3. The molecule has 0 aliphatic carbocycles. The van der Waals surface area contributed by atoms with Crippen LogP contribution in [0, 0.1) is 17.2 Å². The van der Waals surface area contributed by atoms with Crippen LogP contribution in [0.4, 0.5) is 10.2 Å². The van der Waals surface area contributed by atoms with Gasteiger partial charge in [-0.15, -0.1) is 10.2 Å². The predicted octanol–water partition coefficient (Wildman–Crippen LogP) is 4.99. The number of amides is 1. The summed E-state index contributed by atoms with van der Waals surface area (Å²) in [5, 5.41) is 11.7. The van der Waals surface area contributed by atoms with Gasteiger partial charge in [-0.25, -0.2) is 9.37 Å². The molecule has 1 aromatic carbocycles. The van der Waals surface area contributed by atoms with E-state index in [1.54, 1.807) is 4.90 Å². The minimum absolute atomic E-state index is 0.0341. The zero-order valence-corrected chi connectivity index (χ0v) is 25.7. The van der Waals surface area contributed by atoms with E-state index in [4.69, 9.17) is 4.74 Å². The van der Waals surface area contributed by atoms with Crippen molar-refractivity contribution in [2.45, 2.75) is 79.3 Å². The lowest BCUT2D eigenvalue weighted by Gasteiger charge is -2.53. The molecule has 226 valence electrons. The molecule has 0 radical (unpaired) electrons. The lowest BCUT2D eigenvalue weighted by atomic mass is 9.76. The highest BCUT2D eigenvalue weighted by molar-refractivity contribution is 5.97. The van der Waals surface area contributed by atoms with Gasteiger partial charge >= 0.3 is 0 Å². The maximum absolute atomic E-state index is 14.2. The smallest absolute Gasteiger partial charge is 0.282 e. The Morgan fingerprint density at radius 3 is 2.63 bits per heavy atom. The molecule has 41 heavy (non-hydrogen) atoms. The summed E-state index contributed by atoms with van der Waals surface area (Å²) in [7, 11) is 0. The van der Waals surface area contributed by atoms with Gasteiger partial charge in [0.05, 0.1) is 5.56 Å². The quantitative estimate of drug-likeness (QED) is 0.319. The summed E-state index contributed by atoms with van der Waals surface area (Å²) < 4.78 is 20.4. The maximum atomic E-state index is 14.2. The van der Waals surface area contributed by atoms with Crippen molar-refractivity contribution < 1.29 is 13.9 Å². The van der Waals surface area contributed by atoms with Gasteiger partial charge in [0, 0.05) is 50.2 Å². The van der Waals surface area contributed by atoms with Gasteiger partial charge in [0.2, 0.25) is 0 Å². The molecule has 1 atom stereocenters. The highest BCUT2D eigenvalue weighted by Crippen LogP contribution is 2.44. The summed E-state index contributed by atoms with van der Waals surface area (Å²) in [6.45, 7) is 19.2. The summed E-state index contributed by atoms with van der Waals surface area (Å²) in [5.74, 6) is 0.923. The average molecular weight is 570 g/mol. The van der Waals surface area contributed by atoms with E-state index in [2.05, 4.69) is 51.1 Å². The molecular formula is C31H48FN7O2. The lowest BCUT2D eigenvalue weighted by molar-refractivity contribution is -0.0339. The zero-order chi connectivity index (χ0) is 29.6. The predicted molar refractivity (Wildman–Crippen MR) is 160 cm³/mol. The number of benzene rings is 1. The van der Waals surface area contributed by atoms with Crippen LogP contribution in [0.25, 0.3) is 0 Å². The van der Waals surface area contributed by atoms with Gasteiger partial charge in [-0.05, 0) is 83.7 Å². The highest BCUT2D eigenvalue weighted by atomic mass is 19.1. The van der Waals surface area contributed by atoms with Crippen LogP contribution in [-0.2, 0) is 0 Å². The number of hydrogen-bond acceptors (Lipinski definition) is 8. The SMILES string of the molecule is CCCNCCCC(C(C)C)N1CC2(CCN(c3ncnnc3Oc3ccc(F)cc3C(=O)N(CC)C(C)C)C2)C1. The molecule has 1 spiro atoms. The molecule has 2 aromatic rings. The molecule has 2 saturated heterocycles. The number of anilines is 1. The zero-order valence-electron chi connectivity index (χ0n) is 25.7. The van der Waals surface area contributed by atoms with Crippen LogP contribution in [0.15, 0.2) is 24.5 Å². The number of nitrogens with zero attached hydrogens (tertiary/aromatic N) is 6. The number of aromatic nitrogens is 3. The second-order valence-corrected chi connectivity index (χ2v) is 12.3. The fourth-order valence-electron chi connectivity index (χ4n) is 6.40. The van der Waals surface area contributed by atoms with E-state index in [9.17, 15) is 9.18 Å². The largest absolute Gasteiger partial charge is 0.434 e. The third-order valence-corrected chi connectivity index (χ3v) is 8.51. The molecule has 9 nitrogen and oxygen atoms in total. The van der Waals surface area contributed by atoms with E-state index in [1.165, 1.54) is 43.8 Å². The van der Waals surface area contributed by atoms with Crippen LogP contribution in [0.1, 0.15) is 77.6 Å². The number of carbonyl (C=O) groups excluding carboxylic acids is 1. The van der Waals surface area contributed by atoms with E-state index in [-0.39, 0.29) is 34.6 Å². The van der Waals surface area contributed by atoms with E-state index in [0.29, 0.717) is 24.3 Å². The highest BCUT2D eigenvalue weighted by Gasteiger charge is 2.50. The van der Waals surface area contributed by atoms with Gasteiger partial charge in [0.25, 0.3) is 11.8 Å². The number of halogens is 1. The molecule has 1 aromatic heterocycles. The number of hydrogen-bond donors (Lipinski definition) is 1. The molecule has 0 saturated carbocycles. The molecular weight excluding hydrogens is 521 g/mol. The standard InChI is InChI=1S/C31H48FN7O2/c1-7-14-33-15-9-10-26(22(3)4)38-19-31(20-38)13-16-37(18-31)28-29(36-35-21-34-28)41-27-12-11-24(32)17-25(27)30(40)39(8-2)23(5)6/h11-12,17,21-23,26,33H,7-10,13-16,18-20H2,1-6H3. The number of rotatable bonds is 14. The Hall–Kier alpha value is -2.85. The third-order valence-electron chi connectivity index (χ3n) is 8.51. The van der Waals surface area contributed by atoms with Crippen LogP contribution in [0.2, 0.25) is 0 Å². The Balaban J connectivity index is 1.44. The number of carbonyl (C=O) groups is 1. The van der Waals surface area contributed by atoms with Crippen molar-refractivity contribution in [3.05, 3.63) is 35.9 Å². The van der Waals surface area contributed by atoms with Crippen LogP contribution in [0.3, 0.4) is 0 Å². The Kier molecular flexibility index (Phi) is 10.5. The monoisotopic (exact) mass is 569 g/mol. The Labute approximate surface area is 244 Å². The van der Waals surface area contributed by atoms with Crippen molar-refractivity contribution in [3.63, 3.8) is 0 Å². The van der Waals surface area contributed by atoms with E-state index < -0.39 is 5.82 Å². The molecule has 10 heteroatoms. The van der Waals surface area contributed by atoms with Crippen molar-refractivity contribution >= 4 is 11.7 Å². The third kappa shape index (κ3) is 7.33. The normalized spacial score (nSPS) is 17.3. The Morgan fingerprint density at radius 2 is 1.95 bits per heavy atom. The molecule has 0 bridgehead atoms. The molecule has 2 fully saturated rings. The fourth-order valence-corrected chi connectivity index (χ4v) is 6.40. The van der Waals surface area contributed by atoms with Gasteiger partial charge < -0.3 is 19.9 Å². The van der Waals surface area contributed by atoms with Gasteiger partial charge in [-0.2, -0.15) is 0 Å². The van der Waals surface area contributed by atoms with Gasteiger partial charge in [0.1, 0.15) is 17.9 Å². The molecule has 1 unspecified atom stereocenters. The summed E-state index contributed by atoms with van der Waals surface area (Å²) in [4.78, 5) is 24.4. The van der Waals surface area contributed by atoms with Crippen LogP contribution in [-0.4, -0.2) is 88.8 Å². The molecule has 4 rings (SSSR count). The molecule has 2 aliphatic rings. The van der Waals surface area contributed by atoms with E-state index >= 15 is 0 Å². The minimum atomic E-state index is -0.494. The van der Waals surface area contributed by atoms with Crippen LogP contribution in [0.5, 0.6) is 11.6 Å². The van der Waals surface area contributed by atoms with Crippen LogP contribution >= 0.6 is 0 Å². The number of nitrogens with one attached hydrogen (secondary N) is 1. The van der Waals surface area contributed by atoms with Gasteiger partial charge in [0.15, 0.2) is 5.82 Å². The summed E-state index contributed by atoms with van der Waals surface area (Å²) >= 11 is 0. The molecule has 3 heterocycles. The maximum Gasteiger partial charge on any atom is 0.282 e. The summed E-state index contributed by atoms with van der Waals surface area (Å²) in [6.07, 6.45) is 6.10. The average Bonchev–Trinajstić information content (AvgIpc) is 3.37. The first-order valence-corrected chi connectivity index (χ1v) is 15.3. The van der Waals surface area contributed by atoms with Crippen LogP contribution < -0.4 is 15.0 Å². The first-order valence-electron chi connectivity index (χ1n) is 15.3. The first-order chi connectivity index (χ1) is 19.7. The second kappa shape index (κ2) is 13.9. The first kappa shape index (κ1) is 31.1. The molecule has 1 amide bonds. The van der Waals surface area contributed by atoms with Gasteiger partial charge in [-0.3, -0.25) is 9.69 Å². The summed E-state index contributed by atoms with van der Waals surface area (Å²) in [6, 6.07) is 4.56. The lowest BCUT2D eigenvalue weighted by Crippen LogP contribution is -2.62. The Bertz CT molecular complexity index is 1160. The van der Waals surface area contributed by atoms with E-state index in [0.717, 1.165) is 45.7 Å². The van der Waals surface area contributed by atoms with Crippen molar-refractivity contribution in [2.24, 2.45) is 11.3 Å². The molecule has 2 aliphatic heterocycles. The van der Waals surface area contributed by atoms with Crippen molar-refractivity contribution in [1.82, 2.24) is 30.3 Å². The van der Waals surface area contributed by atoms with Crippen molar-refractivity contribution in [1.29, 1.82) is 0 Å². The minimum Gasteiger partial charge on any atom is -0.434 e. The summed E-state index contributed by atoms with van der Waals surface area (Å²) in [5.41, 5.74) is 0.389. The number of ether oxygens (including phenoxy) is 1. The fraction of sp³-hybridized carbons (Fsp3) is 0.677. The van der Waals surface area contributed by atoms with Gasteiger partial charge in [-0.1, -0.05) is 20.8 Å². The van der Waals surface area contributed by atoms with E-state index in [1.807, 2.05) is 20.8 Å². The molecule has 1 N–H and O–H groups in total. The number of likely N-dealkylation sites (tertiary alicyclic amines) is 1.